The average molecular weight is 368 g/mol. The van der Waals surface area contributed by atoms with Gasteiger partial charge in [0.05, 0.1) is 6.54 Å². The number of amides is 3. The average Bonchev–Trinajstić information content (AvgIpc) is 2.60. The van der Waals surface area contributed by atoms with E-state index in [9.17, 15) is 14.4 Å². The molecular weight excluding hydrogens is 344 g/mol. The monoisotopic (exact) mass is 368 g/mol. The van der Waals surface area contributed by atoms with Crippen molar-refractivity contribution in [1.82, 2.24) is 5.32 Å². The molecule has 2 rings (SSSR count). The van der Waals surface area contributed by atoms with E-state index in [1.54, 1.807) is 48.5 Å². The predicted octanol–water partition coefficient (Wildman–Crippen LogP) is 2.83. The fraction of sp³-hybridized carbons (Fsp3) is 0.250. The van der Waals surface area contributed by atoms with Gasteiger partial charge in [0.1, 0.15) is 0 Å². The van der Waals surface area contributed by atoms with Crippen LogP contribution in [0.2, 0.25) is 0 Å². The van der Waals surface area contributed by atoms with Gasteiger partial charge in [-0.1, -0.05) is 6.07 Å². The van der Waals surface area contributed by atoms with E-state index in [0.717, 1.165) is 5.69 Å². The molecule has 0 fully saturated rings. The summed E-state index contributed by atoms with van der Waals surface area (Å²) in [6, 6.07) is 13.9. The standard InChI is InChI=1S/C20H24N4O3/c1-13(2)22-20(27)15-7-9-16(10-8-15)24-19(26)12-21-17-5-4-6-18(11-17)23-14(3)25/h4-11,13,21H,12H2,1-3H3,(H,22,27)(H,23,25)(H,24,26). The van der Waals surface area contributed by atoms with Gasteiger partial charge in [-0.2, -0.15) is 0 Å². The van der Waals surface area contributed by atoms with Gasteiger partial charge in [0.2, 0.25) is 11.8 Å². The van der Waals surface area contributed by atoms with Crippen LogP contribution in [0.4, 0.5) is 17.1 Å². The van der Waals surface area contributed by atoms with Crippen LogP contribution in [-0.4, -0.2) is 30.3 Å². The maximum Gasteiger partial charge on any atom is 0.251 e. The fourth-order valence-electron chi connectivity index (χ4n) is 2.35. The first-order valence-corrected chi connectivity index (χ1v) is 8.66. The van der Waals surface area contributed by atoms with Gasteiger partial charge < -0.3 is 21.3 Å². The summed E-state index contributed by atoms with van der Waals surface area (Å²) in [5.41, 5.74) is 2.52. The van der Waals surface area contributed by atoms with Crippen molar-refractivity contribution < 1.29 is 14.4 Å². The Kier molecular flexibility index (Phi) is 6.93. The van der Waals surface area contributed by atoms with Gasteiger partial charge in [0.25, 0.3) is 5.91 Å². The lowest BCUT2D eigenvalue weighted by atomic mass is 10.2. The molecule has 0 spiro atoms. The SMILES string of the molecule is CC(=O)Nc1cccc(NCC(=O)Nc2ccc(C(=O)NC(C)C)cc2)c1. The Morgan fingerprint density at radius 3 is 2.19 bits per heavy atom. The summed E-state index contributed by atoms with van der Waals surface area (Å²) < 4.78 is 0. The molecule has 0 unspecified atom stereocenters. The molecule has 0 bridgehead atoms. The zero-order valence-electron chi connectivity index (χ0n) is 15.6. The zero-order valence-corrected chi connectivity index (χ0v) is 15.6. The van der Waals surface area contributed by atoms with Crippen molar-refractivity contribution >= 4 is 34.8 Å². The topological polar surface area (TPSA) is 99.3 Å². The van der Waals surface area contributed by atoms with Gasteiger partial charge in [-0.15, -0.1) is 0 Å². The van der Waals surface area contributed by atoms with Crippen LogP contribution in [0.3, 0.4) is 0 Å². The Labute approximate surface area is 158 Å². The Morgan fingerprint density at radius 1 is 0.889 bits per heavy atom. The number of rotatable bonds is 7. The second kappa shape index (κ2) is 9.38. The Hall–Kier alpha value is -3.35. The van der Waals surface area contributed by atoms with Crippen molar-refractivity contribution in [2.75, 3.05) is 22.5 Å². The van der Waals surface area contributed by atoms with Crippen molar-refractivity contribution in [3.63, 3.8) is 0 Å². The number of hydrogen-bond acceptors (Lipinski definition) is 4. The van der Waals surface area contributed by atoms with Gasteiger partial charge in [-0.3, -0.25) is 14.4 Å². The number of carbonyl (C=O) groups excluding carboxylic acids is 3. The Balaban J connectivity index is 1.87. The number of nitrogens with one attached hydrogen (secondary N) is 4. The normalized spacial score (nSPS) is 10.2. The molecule has 0 saturated heterocycles. The smallest absolute Gasteiger partial charge is 0.251 e. The third kappa shape index (κ3) is 6.81. The lowest BCUT2D eigenvalue weighted by molar-refractivity contribution is -0.115. The second-order valence-electron chi connectivity index (χ2n) is 6.37. The Morgan fingerprint density at radius 2 is 1.56 bits per heavy atom. The van der Waals surface area contributed by atoms with E-state index < -0.39 is 0 Å². The second-order valence-corrected chi connectivity index (χ2v) is 6.37. The highest BCUT2D eigenvalue weighted by molar-refractivity contribution is 5.97. The first-order chi connectivity index (χ1) is 12.8. The Bertz CT molecular complexity index is 816. The van der Waals surface area contributed by atoms with E-state index in [0.29, 0.717) is 16.9 Å². The largest absolute Gasteiger partial charge is 0.376 e. The minimum Gasteiger partial charge on any atom is -0.376 e. The highest BCUT2D eigenvalue weighted by Gasteiger charge is 2.08. The van der Waals surface area contributed by atoms with E-state index in [2.05, 4.69) is 21.3 Å². The lowest BCUT2D eigenvalue weighted by Crippen LogP contribution is -2.30. The molecule has 27 heavy (non-hydrogen) atoms. The van der Waals surface area contributed by atoms with E-state index in [4.69, 9.17) is 0 Å². The van der Waals surface area contributed by atoms with Crippen molar-refractivity contribution in [3.05, 3.63) is 54.1 Å². The molecule has 7 heteroatoms. The highest BCUT2D eigenvalue weighted by atomic mass is 16.2. The van der Waals surface area contributed by atoms with Gasteiger partial charge in [0.15, 0.2) is 0 Å². The minimum atomic E-state index is -0.223. The molecule has 0 aliphatic heterocycles. The number of benzene rings is 2. The molecule has 0 radical (unpaired) electrons. The molecule has 0 saturated carbocycles. The molecule has 0 aliphatic rings. The summed E-state index contributed by atoms with van der Waals surface area (Å²) in [4.78, 5) is 35.1. The van der Waals surface area contributed by atoms with Crippen molar-refractivity contribution in [2.45, 2.75) is 26.8 Å². The first-order valence-electron chi connectivity index (χ1n) is 8.66. The molecule has 2 aromatic carbocycles. The lowest BCUT2D eigenvalue weighted by Gasteiger charge is -2.11. The molecule has 2 aromatic rings. The van der Waals surface area contributed by atoms with Crippen LogP contribution in [0.1, 0.15) is 31.1 Å². The molecule has 0 aliphatic carbocycles. The molecule has 4 N–H and O–H groups in total. The third-order valence-electron chi connectivity index (χ3n) is 3.49. The molecular formula is C20H24N4O3. The fourth-order valence-corrected chi connectivity index (χ4v) is 2.35. The summed E-state index contributed by atoms with van der Waals surface area (Å²) in [6.45, 7) is 5.29. The van der Waals surface area contributed by atoms with Crippen molar-refractivity contribution in [1.29, 1.82) is 0 Å². The van der Waals surface area contributed by atoms with Gasteiger partial charge in [-0.05, 0) is 56.3 Å². The summed E-state index contributed by atoms with van der Waals surface area (Å²) in [5.74, 6) is -0.529. The maximum atomic E-state index is 12.1. The van der Waals surface area contributed by atoms with Gasteiger partial charge in [-0.25, -0.2) is 0 Å². The van der Waals surface area contributed by atoms with E-state index in [1.165, 1.54) is 6.92 Å². The van der Waals surface area contributed by atoms with Crippen molar-refractivity contribution in [2.24, 2.45) is 0 Å². The van der Waals surface area contributed by atoms with Crippen molar-refractivity contribution in [3.8, 4) is 0 Å². The van der Waals surface area contributed by atoms with Crippen LogP contribution >= 0.6 is 0 Å². The van der Waals surface area contributed by atoms with Crippen LogP contribution in [0.15, 0.2) is 48.5 Å². The number of hydrogen-bond donors (Lipinski definition) is 4. The summed E-state index contributed by atoms with van der Waals surface area (Å²) in [7, 11) is 0. The highest BCUT2D eigenvalue weighted by Crippen LogP contribution is 2.15. The molecule has 142 valence electrons. The summed E-state index contributed by atoms with van der Waals surface area (Å²) >= 11 is 0. The van der Waals surface area contributed by atoms with E-state index >= 15 is 0 Å². The van der Waals surface area contributed by atoms with Crippen LogP contribution in [-0.2, 0) is 9.59 Å². The maximum absolute atomic E-state index is 12.1. The van der Waals surface area contributed by atoms with Crippen LogP contribution < -0.4 is 21.3 Å². The molecule has 0 heterocycles. The molecule has 0 aromatic heterocycles. The minimum absolute atomic E-state index is 0.0621. The van der Waals surface area contributed by atoms with Crippen LogP contribution in [0.25, 0.3) is 0 Å². The zero-order chi connectivity index (χ0) is 19.8. The van der Waals surface area contributed by atoms with Gasteiger partial charge >= 0.3 is 0 Å². The quantitative estimate of drug-likeness (QED) is 0.604. The van der Waals surface area contributed by atoms with Crippen LogP contribution in [0, 0.1) is 0 Å². The number of anilines is 3. The van der Waals surface area contributed by atoms with E-state index in [-0.39, 0.29) is 30.3 Å². The summed E-state index contributed by atoms with van der Waals surface area (Å²) in [6.07, 6.45) is 0. The van der Waals surface area contributed by atoms with E-state index in [1.807, 2.05) is 13.8 Å². The third-order valence-corrected chi connectivity index (χ3v) is 3.49. The first kappa shape index (κ1) is 20.0. The number of carbonyl (C=O) groups is 3. The molecule has 0 atom stereocenters. The molecule has 3 amide bonds. The predicted molar refractivity (Wildman–Crippen MR) is 107 cm³/mol. The summed E-state index contributed by atoms with van der Waals surface area (Å²) in [5, 5.41) is 11.3. The molecule has 7 nitrogen and oxygen atoms in total. The van der Waals surface area contributed by atoms with Crippen LogP contribution in [0.5, 0.6) is 0 Å². The van der Waals surface area contributed by atoms with Gasteiger partial charge in [0, 0.05) is 35.6 Å².